The van der Waals surface area contributed by atoms with Gasteiger partial charge in [-0.05, 0) is 41.2 Å². The Hall–Kier alpha value is -3.15. The van der Waals surface area contributed by atoms with Crippen LogP contribution >= 0.6 is 0 Å². The fourth-order valence-electron chi connectivity index (χ4n) is 4.65. The molecule has 1 amide bonds. The van der Waals surface area contributed by atoms with Crippen molar-refractivity contribution in [3.63, 3.8) is 0 Å². The number of anilines is 1. The van der Waals surface area contributed by atoms with Crippen LogP contribution in [0.1, 0.15) is 25.8 Å². The average Bonchev–Trinajstić information content (AvgIpc) is 2.91. The number of carbonyl (C=O) groups is 1. The van der Waals surface area contributed by atoms with Crippen molar-refractivity contribution in [2.75, 3.05) is 37.6 Å². The molecular weight excluding hydrogens is 434 g/mol. The molecule has 0 radical (unpaired) electrons. The van der Waals surface area contributed by atoms with Crippen molar-refractivity contribution in [2.24, 2.45) is 11.8 Å². The van der Waals surface area contributed by atoms with Gasteiger partial charge in [0.25, 0.3) is 0 Å². The quantitative estimate of drug-likeness (QED) is 0.318. The van der Waals surface area contributed by atoms with E-state index in [1.807, 2.05) is 41.3 Å². The van der Waals surface area contributed by atoms with Crippen LogP contribution in [-0.2, 0) is 16.2 Å². The zero-order valence-electron chi connectivity index (χ0n) is 20.9. The second-order valence-electron chi connectivity index (χ2n) is 9.67. The first-order valence-corrected chi connectivity index (χ1v) is 12.7. The molecule has 35 heavy (non-hydrogen) atoms. The highest BCUT2D eigenvalue weighted by Crippen LogP contribution is 2.24. The van der Waals surface area contributed by atoms with Crippen molar-refractivity contribution in [1.82, 2.24) is 10.4 Å². The molecule has 1 heterocycles. The minimum absolute atomic E-state index is 0.0810. The summed E-state index contributed by atoms with van der Waals surface area (Å²) in [6.07, 6.45) is 0.849. The Bertz CT molecular complexity index is 1030. The predicted molar refractivity (Wildman–Crippen MR) is 143 cm³/mol. The molecular formula is C30H37N3O2. The summed E-state index contributed by atoms with van der Waals surface area (Å²) in [5.41, 5.74) is 7.83. The van der Waals surface area contributed by atoms with Crippen molar-refractivity contribution in [2.45, 2.75) is 26.9 Å². The first kappa shape index (κ1) is 25.0. The molecule has 1 aliphatic heterocycles. The number of rotatable bonds is 10. The van der Waals surface area contributed by atoms with E-state index in [2.05, 4.69) is 72.8 Å². The third-order valence-electron chi connectivity index (χ3n) is 6.55. The fraction of sp³-hybridized carbons (Fsp3) is 0.367. The van der Waals surface area contributed by atoms with E-state index in [4.69, 9.17) is 4.84 Å². The Balaban J connectivity index is 1.27. The molecule has 1 saturated heterocycles. The van der Waals surface area contributed by atoms with Gasteiger partial charge in [0.15, 0.2) is 0 Å². The van der Waals surface area contributed by atoms with Crippen LogP contribution in [-0.4, -0.2) is 43.5 Å². The molecule has 3 aromatic carbocycles. The van der Waals surface area contributed by atoms with Crippen LogP contribution < -0.4 is 10.4 Å². The van der Waals surface area contributed by atoms with Gasteiger partial charge in [-0.15, -0.1) is 0 Å². The maximum absolute atomic E-state index is 13.4. The molecule has 1 fully saturated rings. The maximum Gasteiger partial charge on any atom is 0.227 e. The van der Waals surface area contributed by atoms with Crippen molar-refractivity contribution in [3.05, 3.63) is 90.5 Å². The molecule has 0 aromatic heterocycles. The van der Waals surface area contributed by atoms with E-state index in [-0.39, 0.29) is 11.8 Å². The smallest absolute Gasteiger partial charge is 0.227 e. The van der Waals surface area contributed by atoms with E-state index in [0.29, 0.717) is 19.1 Å². The van der Waals surface area contributed by atoms with Crippen LogP contribution in [0, 0.1) is 11.8 Å². The Morgan fingerprint density at radius 1 is 0.829 bits per heavy atom. The Morgan fingerprint density at radius 2 is 1.43 bits per heavy atom. The highest BCUT2D eigenvalue weighted by atomic mass is 16.6. The van der Waals surface area contributed by atoms with Crippen molar-refractivity contribution < 1.29 is 9.63 Å². The van der Waals surface area contributed by atoms with E-state index in [0.717, 1.165) is 38.2 Å². The van der Waals surface area contributed by atoms with Gasteiger partial charge in [0.2, 0.25) is 5.91 Å². The highest BCUT2D eigenvalue weighted by Gasteiger charge is 2.28. The molecule has 0 bridgehead atoms. The normalized spacial score (nSPS) is 14.8. The molecule has 5 nitrogen and oxygen atoms in total. The largest absolute Gasteiger partial charge is 0.368 e. The molecule has 1 aliphatic rings. The molecule has 3 aromatic rings. The molecule has 1 atom stereocenters. The number of amides is 1. The number of benzene rings is 3. The van der Waals surface area contributed by atoms with Gasteiger partial charge in [-0.1, -0.05) is 86.6 Å². The number of nitrogens with zero attached hydrogens (tertiary/aromatic N) is 2. The van der Waals surface area contributed by atoms with Crippen LogP contribution in [0.15, 0.2) is 84.9 Å². The lowest BCUT2D eigenvalue weighted by atomic mass is 9.95. The van der Waals surface area contributed by atoms with Gasteiger partial charge in [-0.3, -0.25) is 9.63 Å². The van der Waals surface area contributed by atoms with Gasteiger partial charge in [-0.2, -0.15) is 0 Å². The number of hydroxylamine groups is 1. The molecule has 0 unspecified atom stereocenters. The lowest BCUT2D eigenvalue weighted by Crippen LogP contribution is -2.51. The summed E-state index contributed by atoms with van der Waals surface area (Å²) in [5.74, 6) is 0.598. The Morgan fingerprint density at radius 3 is 2.06 bits per heavy atom. The first-order valence-electron chi connectivity index (χ1n) is 12.7. The lowest BCUT2D eigenvalue weighted by Gasteiger charge is -2.38. The van der Waals surface area contributed by atoms with Gasteiger partial charge in [-0.25, -0.2) is 5.48 Å². The third kappa shape index (κ3) is 7.17. The van der Waals surface area contributed by atoms with Gasteiger partial charge in [0.05, 0.1) is 12.5 Å². The van der Waals surface area contributed by atoms with E-state index < -0.39 is 0 Å². The zero-order valence-corrected chi connectivity index (χ0v) is 20.9. The summed E-state index contributed by atoms with van der Waals surface area (Å²) in [7, 11) is 0. The summed E-state index contributed by atoms with van der Waals surface area (Å²) in [6.45, 7) is 8.56. The molecule has 184 valence electrons. The minimum atomic E-state index is -0.0810. The van der Waals surface area contributed by atoms with Crippen LogP contribution in [0.25, 0.3) is 11.1 Å². The monoisotopic (exact) mass is 471 g/mol. The van der Waals surface area contributed by atoms with Crippen LogP contribution in [0.2, 0.25) is 0 Å². The summed E-state index contributed by atoms with van der Waals surface area (Å²) in [5, 5.41) is 0. The summed E-state index contributed by atoms with van der Waals surface area (Å²) in [6, 6.07) is 29.3. The molecule has 5 heteroatoms. The summed E-state index contributed by atoms with van der Waals surface area (Å²) < 4.78 is 0. The van der Waals surface area contributed by atoms with Crippen LogP contribution in [0.4, 0.5) is 5.69 Å². The number of hydrogen-bond donors (Lipinski definition) is 1. The van der Waals surface area contributed by atoms with Gasteiger partial charge >= 0.3 is 0 Å². The predicted octanol–water partition coefficient (Wildman–Crippen LogP) is 5.39. The topological polar surface area (TPSA) is 44.8 Å². The summed E-state index contributed by atoms with van der Waals surface area (Å²) >= 11 is 0. The van der Waals surface area contributed by atoms with Crippen LogP contribution in [0.3, 0.4) is 0 Å². The second kappa shape index (κ2) is 12.5. The number of piperazine rings is 1. The standard InChI is InChI=1S/C30H37N3O2/c1-24(2)21-28(22-31-35-23-25-9-5-3-6-10-25)30(34)33-19-17-32(18-20-33)29-15-13-27(14-16-29)26-11-7-4-8-12-26/h3-16,24,28,31H,17-23H2,1-2H3/t28-/m0/s1. The van der Waals surface area contributed by atoms with E-state index >= 15 is 0 Å². The number of hydrogen-bond acceptors (Lipinski definition) is 4. The van der Waals surface area contributed by atoms with E-state index in [1.165, 1.54) is 16.8 Å². The van der Waals surface area contributed by atoms with Crippen LogP contribution in [0.5, 0.6) is 0 Å². The Labute approximate surface area is 209 Å². The van der Waals surface area contributed by atoms with Crippen molar-refractivity contribution in [1.29, 1.82) is 0 Å². The van der Waals surface area contributed by atoms with Crippen molar-refractivity contribution in [3.8, 4) is 11.1 Å². The molecule has 0 saturated carbocycles. The van der Waals surface area contributed by atoms with Crippen molar-refractivity contribution >= 4 is 11.6 Å². The number of nitrogens with one attached hydrogen (secondary N) is 1. The van der Waals surface area contributed by atoms with Gasteiger partial charge < -0.3 is 9.80 Å². The van der Waals surface area contributed by atoms with E-state index in [9.17, 15) is 4.79 Å². The van der Waals surface area contributed by atoms with E-state index in [1.54, 1.807) is 0 Å². The fourth-order valence-corrected chi connectivity index (χ4v) is 4.65. The summed E-state index contributed by atoms with van der Waals surface area (Å²) in [4.78, 5) is 23.4. The molecule has 0 spiro atoms. The molecule has 4 rings (SSSR count). The lowest BCUT2D eigenvalue weighted by molar-refractivity contribution is -0.137. The highest BCUT2D eigenvalue weighted by molar-refractivity contribution is 5.79. The number of carbonyl (C=O) groups excluding carboxylic acids is 1. The molecule has 1 N–H and O–H groups in total. The van der Waals surface area contributed by atoms with Gasteiger partial charge in [0.1, 0.15) is 0 Å². The zero-order chi connectivity index (χ0) is 24.5. The average molecular weight is 472 g/mol. The second-order valence-corrected chi connectivity index (χ2v) is 9.67. The SMILES string of the molecule is CC(C)C[C@@H](CNOCc1ccccc1)C(=O)N1CCN(c2ccc(-c3ccccc3)cc2)CC1. The Kier molecular flexibility index (Phi) is 8.93. The van der Waals surface area contributed by atoms with Gasteiger partial charge in [0, 0.05) is 38.4 Å². The molecule has 0 aliphatic carbocycles. The third-order valence-corrected chi connectivity index (χ3v) is 6.55. The first-order chi connectivity index (χ1) is 17.1. The maximum atomic E-state index is 13.4. The minimum Gasteiger partial charge on any atom is -0.368 e.